The lowest BCUT2D eigenvalue weighted by molar-refractivity contribution is -0.116. The van der Waals surface area contributed by atoms with Gasteiger partial charge in [0, 0.05) is 28.8 Å². The van der Waals surface area contributed by atoms with E-state index >= 15 is 0 Å². The van der Waals surface area contributed by atoms with Crippen molar-refractivity contribution in [2.24, 2.45) is 5.73 Å². The smallest absolute Gasteiger partial charge is 0.227 e. The molecule has 2 amide bonds. The molecule has 0 aliphatic rings. The highest BCUT2D eigenvalue weighted by atomic mass is 32.2. The van der Waals surface area contributed by atoms with Crippen LogP contribution < -0.4 is 16.4 Å². The lowest BCUT2D eigenvalue weighted by Crippen LogP contribution is -2.26. The summed E-state index contributed by atoms with van der Waals surface area (Å²) in [5, 5.41) is 5.85. The van der Waals surface area contributed by atoms with Crippen molar-refractivity contribution in [2.45, 2.75) is 24.8 Å². The Bertz CT molecular complexity index is 806. The van der Waals surface area contributed by atoms with Crippen LogP contribution in [0.15, 0.2) is 53.4 Å². The average Bonchev–Trinajstić information content (AvgIpc) is 2.60. The van der Waals surface area contributed by atoms with E-state index in [0.29, 0.717) is 11.3 Å². The average molecular weight is 371 g/mol. The molecule has 0 radical (unpaired) electrons. The number of para-hydroxylation sites is 1. The van der Waals surface area contributed by atoms with Crippen LogP contribution in [0.25, 0.3) is 0 Å². The molecule has 4 N–H and O–H groups in total. The van der Waals surface area contributed by atoms with E-state index in [1.54, 1.807) is 31.2 Å². The van der Waals surface area contributed by atoms with Crippen molar-refractivity contribution in [3.8, 4) is 0 Å². The molecular weight excluding hydrogens is 350 g/mol. The van der Waals surface area contributed by atoms with Crippen molar-refractivity contribution in [1.29, 1.82) is 0 Å². The zero-order valence-electron chi connectivity index (χ0n) is 14.6. The van der Waals surface area contributed by atoms with E-state index in [-0.39, 0.29) is 17.4 Å². The van der Waals surface area contributed by atoms with Gasteiger partial charge in [-0.2, -0.15) is 0 Å². The highest BCUT2D eigenvalue weighted by Gasteiger charge is 2.16. The van der Waals surface area contributed by atoms with Crippen molar-refractivity contribution in [2.75, 3.05) is 16.4 Å². The first-order valence-corrected chi connectivity index (χ1v) is 9.04. The number of rotatable bonds is 8. The van der Waals surface area contributed by atoms with Gasteiger partial charge in [0.1, 0.15) is 0 Å². The summed E-state index contributed by atoms with van der Waals surface area (Å²) in [6.45, 7) is 3.21. The Morgan fingerprint density at radius 3 is 2.35 bits per heavy atom. The van der Waals surface area contributed by atoms with Crippen LogP contribution in [0, 0.1) is 0 Å². The number of thioether (sulfide) groups is 1. The zero-order valence-corrected chi connectivity index (χ0v) is 15.4. The topological polar surface area (TPSA) is 101 Å². The number of ketones is 1. The normalized spacial score (nSPS) is 11.5. The minimum atomic E-state index is -0.461. The van der Waals surface area contributed by atoms with Crippen LogP contribution in [0.4, 0.5) is 11.4 Å². The van der Waals surface area contributed by atoms with Crippen LogP contribution in [0.3, 0.4) is 0 Å². The summed E-state index contributed by atoms with van der Waals surface area (Å²) in [6.07, 6.45) is 0. The zero-order chi connectivity index (χ0) is 19.1. The van der Waals surface area contributed by atoms with Crippen LogP contribution in [0.5, 0.6) is 0 Å². The number of benzene rings is 2. The monoisotopic (exact) mass is 371 g/mol. The summed E-state index contributed by atoms with van der Waals surface area (Å²) >= 11 is 1.32. The summed E-state index contributed by atoms with van der Waals surface area (Å²) in [4.78, 5) is 35.5. The first kappa shape index (κ1) is 19.5. The third kappa shape index (κ3) is 5.63. The number of amides is 2. The molecular formula is C19H21N3O3S. The maximum absolute atomic E-state index is 12.6. The van der Waals surface area contributed by atoms with Gasteiger partial charge < -0.3 is 16.4 Å². The van der Waals surface area contributed by atoms with Crippen LogP contribution in [-0.2, 0) is 9.59 Å². The third-order valence-corrected chi connectivity index (χ3v) is 4.61. The van der Waals surface area contributed by atoms with Gasteiger partial charge in [0.25, 0.3) is 0 Å². The van der Waals surface area contributed by atoms with Crippen molar-refractivity contribution in [3.05, 3.63) is 54.1 Å². The minimum Gasteiger partial charge on any atom is -0.374 e. The van der Waals surface area contributed by atoms with Gasteiger partial charge >= 0.3 is 0 Å². The molecule has 7 heteroatoms. The molecule has 0 spiro atoms. The number of anilines is 2. The number of hydrogen-bond donors (Lipinski definition) is 3. The number of nitrogens with one attached hydrogen (secondary N) is 2. The van der Waals surface area contributed by atoms with Crippen LogP contribution in [-0.4, -0.2) is 29.4 Å². The largest absolute Gasteiger partial charge is 0.374 e. The number of nitrogens with two attached hydrogens (primary N) is 1. The first-order valence-electron chi connectivity index (χ1n) is 8.05. The number of carbonyl (C=O) groups is 3. The van der Waals surface area contributed by atoms with Gasteiger partial charge in [-0.25, -0.2) is 0 Å². The quantitative estimate of drug-likeness (QED) is 0.489. The maximum atomic E-state index is 12.6. The van der Waals surface area contributed by atoms with E-state index in [1.165, 1.54) is 18.7 Å². The summed E-state index contributed by atoms with van der Waals surface area (Å²) < 4.78 is 0. The van der Waals surface area contributed by atoms with E-state index in [0.717, 1.165) is 10.6 Å². The lowest BCUT2D eigenvalue weighted by atomic mass is 10.0. The van der Waals surface area contributed by atoms with E-state index in [9.17, 15) is 14.4 Å². The van der Waals surface area contributed by atoms with Gasteiger partial charge in [-0.15, -0.1) is 11.8 Å². The summed E-state index contributed by atoms with van der Waals surface area (Å²) in [5.74, 6) is -0.461. The third-order valence-electron chi connectivity index (χ3n) is 3.51. The Kier molecular flexibility index (Phi) is 6.80. The Balaban J connectivity index is 2.07. The van der Waals surface area contributed by atoms with Crippen molar-refractivity contribution < 1.29 is 14.4 Å². The fraction of sp³-hybridized carbons (Fsp3) is 0.211. The Morgan fingerprint density at radius 1 is 1.08 bits per heavy atom. The molecule has 6 nitrogen and oxygen atoms in total. The summed E-state index contributed by atoms with van der Waals surface area (Å²) in [5.41, 5.74) is 7.15. The molecule has 0 bridgehead atoms. The number of primary amides is 1. The number of hydrogen-bond acceptors (Lipinski definition) is 5. The lowest BCUT2D eigenvalue weighted by Gasteiger charge is -2.17. The molecule has 0 aromatic heterocycles. The molecule has 0 saturated heterocycles. The van der Waals surface area contributed by atoms with Gasteiger partial charge in [-0.1, -0.05) is 12.1 Å². The Hall–Kier alpha value is -2.80. The molecule has 2 aromatic carbocycles. The molecule has 0 saturated carbocycles. The molecule has 0 aliphatic carbocycles. The second-order valence-corrected chi connectivity index (χ2v) is 6.76. The Labute approximate surface area is 156 Å². The van der Waals surface area contributed by atoms with Gasteiger partial charge in [0.15, 0.2) is 5.78 Å². The number of Topliss-reactive ketones (excluding diaryl/α,β-unsaturated/α-hetero) is 1. The standard InChI is InChI=1S/C19H21N3O3S/c1-12(19(25)14-7-9-15(10-8-14)22-13(2)23)21-16-5-3-4-6-17(16)26-11-18(20)24/h3-10,12,21H,11H2,1-2H3,(H2,20,24)(H,22,23). The van der Waals surface area contributed by atoms with E-state index in [4.69, 9.17) is 5.73 Å². The number of carbonyl (C=O) groups excluding carboxylic acids is 3. The van der Waals surface area contributed by atoms with E-state index < -0.39 is 11.9 Å². The molecule has 2 aromatic rings. The minimum absolute atomic E-state index is 0.0749. The predicted octanol–water partition coefficient (Wildman–Crippen LogP) is 2.91. The molecule has 1 atom stereocenters. The highest BCUT2D eigenvalue weighted by molar-refractivity contribution is 8.00. The van der Waals surface area contributed by atoms with Crippen LogP contribution in [0.2, 0.25) is 0 Å². The molecule has 2 rings (SSSR count). The first-order chi connectivity index (χ1) is 12.4. The second kappa shape index (κ2) is 9.05. The second-order valence-electron chi connectivity index (χ2n) is 5.74. The summed E-state index contributed by atoms with van der Waals surface area (Å²) in [6, 6.07) is 13.7. The molecule has 136 valence electrons. The van der Waals surface area contributed by atoms with Crippen molar-refractivity contribution in [3.63, 3.8) is 0 Å². The molecule has 0 heterocycles. The van der Waals surface area contributed by atoms with Crippen molar-refractivity contribution >= 4 is 40.7 Å². The van der Waals surface area contributed by atoms with Crippen molar-refractivity contribution in [1.82, 2.24) is 0 Å². The van der Waals surface area contributed by atoms with Crippen LogP contribution in [0.1, 0.15) is 24.2 Å². The van der Waals surface area contributed by atoms with Crippen LogP contribution >= 0.6 is 11.8 Å². The van der Waals surface area contributed by atoms with Gasteiger partial charge in [0.2, 0.25) is 11.8 Å². The fourth-order valence-corrected chi connectivity index (χ4v) is 3.09. The predicted molar refractivity (Wildman–Crippen MR) is 105 cm³/mol. The molecule has 0 aliphatic heterocycles. The van der Waals surface area contributed by atoms with E-state index in [2.05, 4.69) is 10.6 Å². The maximum Gasteiger partial charge on any atom is 0.227 e. The highest BCUT2D eigenvalue weighted by Crippen LogP contribution is 2.27. The van der Waals surface area contributed by atoms with Gasteiger partial charge in [0.05, 0.1) is 11.8 Å². The summed E-state index contributed by atoms with van der Waals surface area (Å²) in [7, 11) is 0. The Morgan fingerprint density at radius 2 is 1.73 bits per heavy atom. The van der Waals surface area contributed by atoms with Gasteiger partial charge in [-0.05, 0) is 43.3 Å². The molecule has 1 unspecified atom stereocenters. The molecule has 0 fully saturated rings. The van der Waals surface area contributed by atoms with E-state index in [1.807, 2.05) is 24.3 Å². The molecule has 26 heavy (non-hydrogen) atoms. The fourth-order valence-electron chi connectivity index (χ4n) is 2.33. The van der Waals surface area contributed by atoms with Gasteiger partial charge in [-0.3, -0.25) is 14.4 Å². The SMILES string of the molecule is CC(=O)Nc1ccc(C(=O)C(C)Nc2ccccc2SCC(N)=O)cc1.